The van der Waals surface area contributed by atoms with Crippen molar-refractivity contribution in [3.63, 3.8) is 0 Å². The first-order valence-corrected chi connectivity index (χ1v) is 5.39. The Morgan fingerprint density at radius 2 is 1.87 bits per heavy atom. The Morgan fingerprint density at radius 1 is 1.27 bits per heavy atom. The van der Waals surface area contributed by atoms with Crippen LogP contribution in [0.3, 0.4) is 0 Å². The number of aliphatic hydroxyl groups is 1. The predicted octanol–water partition coefficient (Wildman–Crippen LogP) is 2.59. The lowest BCUT2D eigenvalue weighted by molar-refractivity contribution is 0.0734. The van der Waals surface area contributed by atoms with Gasteiger partial charge in [-0.25, -0.2) is 0 Å². The Bertz CT molecular complexity index is 315. The summed E-state index contributed by atoms with van der Waals surface area (Å²) in [5, 5.41) is 9.66. The molecular formula is C13H21NO. The van der Waals surface area contributed by atoms with Crippen LogP contribution in [0.15, 0.2) is 24.3 Å². The summed E-state index contributed by atoms with van der Waals surface area (Å²) in [4.78, 5) is 2.19. The molecule has 0 radical (unpaired) electrons. The number of rotatable bonds is 4. The maximum absolute atomic E-state index is 9.66. The van der Waals surface area contributed by atoms with E-state index >= 15 is 0 Å². The molecule has 0 spiro atoms. The first-order chi connectivity index (χ1) is 6.90. The van der Waals surface area contributed by atoms with E-state index in [-0.39, 0.29) is 0 Å². The molecule has 0 heterocycles. The summed E-state index contributed by atoms with van der Waals surface area (Å²) in [6.07, 6.45) is 0.776. The smallest absolute Gasteiger partial charge is 0.0608 e. The fourth-order valence-electron chi connectivity index (χ4n) is 1.55. The van der Waals surface area contributed by atoms with E-state index in [2.05, 4.69) is 31.0 Å². The molecule has 0 aliphatic rings. The van der Waals surface area contributed by atoms with Crippen LogP contribution in [0.5, 0.6) is 0 Å². The van der Waals surface area contributed by atoms with E-state index in [4.69, 9.17) is 0 Å². The molecule has 0 saturated heterocycles. The normalized spacial score (nSPS) is 11.5. The van der Waals surface area contributed by atoms with Gasteiger partial charge in [0.05, 0.1) is 5.60 Å². The molecule has 0 atom stereocenters. The van der Waals surface area contributed by atoms with Gasteiger partial charge in [0.25, 0.3) is 0 Å². The van der Waals surface area contributed by atoms with Gasteiger partial charge in [-0.05, 0) is 38.8 Å². The van der Waals surface area contributed by atoms with E-state index < -0.39 is 5.60 Å². The Kier molecular flexibility index (Phi) is 3.75. The van der Waals surface area contributed by atoms with Gasteiger partial charge in [0.2, 0.25) is 0 Å². The largest absolute Gasteiger partial charge is 0.390 e. The van der Waals surface area contributed by atoms with E-state index in [1.807, 2.05) is 26.0 Å². The molecule has 1 aromatic rings. The van der Waals surface area contributed by atoms with Gasteiger partial charge in [0, 0.05) is 19.3 Å². The van der Waals surface area contributed by atoms with Gasteiger partial charge in [0.1, 0.15) is 0 Å². The number of benzene rings is 1. The fraction of sp³-hybridized carbons (Fsp3) is 0.538. The van der Waals surface area contributed by atoms with Crippen molar-refractivity contribution >= 4 is 5.69 Å². The Balaban J connectivity index is 2.62. The third-order valence-corrected chi connectivity index (χ3v) is 2.59. The average molecular weight is 207 g/mol. The maximum Gasteiger partial charge on any atom is 0.0608 e. The molecule has 0 amide bonds. The van der Waals surface area contributed by atoms with Crippen LogP contribution in [0.4, 0.5) is 5.69 Å². The van der Waals surface area contributed by atoms with Crippen LogP contribution in [0.25, 0.3) is 0 Å². The molecule has 0 bridgehead atoms. The number of anilines is 1. The van der Waals surface area contributed by atoms with Crippen LogP contribution in [0.1, 0.15) is 25.8 Å². The minimum atomic E-state index is -0.586. The monoisotopic (exact) mass is 207 g/mol. The van der Waals surface area contributed by atoms with Crippen LogP contribution in [0, 0.1) is 6.92 Å². The van der Waals surface area contributed by atoms with Gasteiger partial charge in [-0.2, -0.15) is 0 Å². The van der Waals surface area contributed by atoms with E-state index in [1.54, 1.807) is 0 Å². The molecule has 0 fully saturated rings. The van der Waals surface area contributed by atoms with Crippen LogP contribution < -0.4 is 4.90 Å². The van der Waals surface area contributed by atoms with Crippen LogP contribution in [-0.4, -0.2) is 24.3 Å². The Hall–Kier alpha value is -1.02. The van der Waals surface area contributed by atoms with Crippen molar-refractivity contribution in [3.05, 3.63) is 29.8 Å². The minimum absolute atomic E-state index is 0.586. The van der Waals surface area contributed by atoms with E-state index in [9.17, 15) is 5.11 Å². The van der Waals surface area contributed by atoms with E-state index in [0.717, 1.165) is 13.0 Å². The van der Waals surface area contributed by atoms with Crippen LogP contribution in [0.2, 0.25) is 0 Å². The number of para-hydroxylation sites is 1. The van der Waals surface area contributed by atoms with E-state index in [0.29, 0.717) is 0 Å². The third kappa shape index (κ3) is 3.92. The molecule has 0 aliphatic carbocycles. The summed E-state index contributed by atoms with van der Waals surface area (Å²) in [7, 11) is 2.06. The molecule has 0 unspecified atom stereocenters. The summed E-state index contributed by atoms with van der Waals surface area (Å²) < 4.78 is 0. The lowest BCUT2D eigenvalue weighted by atomic mass is 10.1. The molecule has 84 valence electrons. The van der Waals surface area contributed by atoms with Gasteiger partial charge in [-0.15, -0.1) is 0 Å². The zero-order valence-corrected chi connectivity index (χ0v) is 10.1. The summed E-state index contributed by atoms with van der Waals surface area (Å²) in [6, 6.07) is 8.31. The maximum atomic E-state index is 9.66. The van der Waals surface area contributed by atoms with Gasteiger partial charge >= 0.3 is 0 Å². The van der Waals surface area contributed by atoms with Crippen molar-refractivity contribution in [1.29, 1.82) is 0 Å². The zero-order valence-electron chi connectivity index (χ0n) is 10.1. The van der Waals surface area contributed by atoms with Crippen molar-refractivity contribution in [2.75, 3.05) is 18.5 Å². The second kappa shape index (κ2) is 4.67. The Labute approximate surface area is 92.5 Å². The summed E-state index contributed by atoms with van der Waals surface area (Å²) in [5.41, 5.74) is 1.93. The summed E-state index contributed by atoms with van der Waals surface area (Å²) >= 11 is 0. The fourth-order valence-corrected chi connectivity index (χ4v) is 1.55. The molecule has 1 rings (SSSR count). The van der Waals surface area contributed by atoms with E-state index in [1.165, 1.54) is 11.3 Å². The van der Waals surface area contributed by atoms with Gasteiger partial charge in [0.15, 0.2) is 0 Å². The highest BCUT2D eigenvalue weighted by Gasteiger charge is 2.13. The van der Waals surface area contributed by atoms with Crippen molar-refractivity contribution in [3.8, 4) is 0 Å². The SMILES string of the molecule is Cc1ccccc1N(C)CCC(C)(C)O. The highest BCUT2D eigenvalue weighted by Crippen LogP contribution is 2.19. The third-order valence-electron chi connectivity index (χ3n) is 2.59. The lowest BCUT2D eigenvalue weighted by Gasteiger charge is -2.25. The number of nitrogens with zero attached hydrogens (tertiary/aromatic N) is 1. The minimum Gasteiger partial charge on any atom is -0.390 e. The zero-order chi connectivity index (χ0) is 11.5. The standard InChI is InChI=1S/C13H21NO/c1-11-7-5-6-8-12(11)14(4)10-9-13(2,3)15/h5-8,15H,9-10H2,1-4H3. The average Bonchev–Trinajstić information content (AvgIpc) is 2.14. The number of hydrogen-bond donors (Lipinski definition) is 1. The van der Waals surface area contributed by atoms with Crippen molar-refractivity contribution in [1.82, 2.24) is 0 Å². The lowest BCUT2D eigenvalue weighted by Crippen LogP contribution is -2.28. The summed E-state index contributed by atoms with van der Waals surface area (Å²) in [5.74, 6) is 0. The topological polar surface area (TPSA) is 23.5 Å². The molecule has 2 nitrogen and oxygen atoms in total. The first kappa shape index (κ1) is 12.1. The molecule has 15 heavy (non-hydrogen) atoms. The molecule has 0 saturated carbocycles. The highest BCUT2D eigenvalue weighted by molar-refractivity contribution is 5.52. The molecule has 1 N–H and O–H groups in total. The Morgan fingerprint density at radius 3 is 2.40 bits per heavy atom. The van der Waals surface area contributed by atoms with Crippen molar-refractivity contribution in [2.24, 2.45) is 0 Å². The highest BCUT2D eigenvalue weighted by atomic mass is 16.3. The molecule has 0 aromatic heterocycles. The molecule has 2 heteroatoms. The van der Waals surface area contributed by atoms with Gasteiger partial charge < -0.3 is 10.0 Å². The van der Waals surface area contributed by atoms with Crippen LogP contribution in [-0.2, 0) is 0 Å². The number of hydrogen-bond acceptors (Lipinski definition) is 2. The quantitative estimate of drug-likeness (QED) is 0.820. The molecule has 0 aliphatic heterocycles. The second-order valence-corrected chi connectivity index (χ2v) is 4.77. The molecule has 1 aromatic carbocycles. The summed E-state index contributed by atoms with van der Waals surface area (Å²) in [6.45, 7) is 6.67. The molecular weight excluding hydrogens is 186 g/mol. The van der Waals surface area contributed by atoms with Gasteiger partial charge in [-0.1, -0.05) is 18.2 Å². The second-order valence-electron chi connectivity index (χ2n) is 4.77. The first-order valence-electron chi connectivity index (χ1n) is 5.39. The predicted molar refractivity (Wildman–Crippen MR) is 65.4 cm³/mol. The van der Waals surface area contributed by atoms with Crippen molar-refractivity contribution < 1.29 is 5.11 Å². The van der Waals surface area contributed by atoms with Crippen molar-refractivity contribution in [2.45, 2.75) is 32.8 Å². The van der Waals surface area contributed by atoms with Crippen LogP contribution >= 0.6 is 0 Å². The number of aryl methyl sites for hydroxylation is 1. The van der Waals surface area contributed by atoms with Gasteiger partial charge in [-0.3, -0.25) is 0 Å².